The highest BCUT2D eigenvalue weighted by Gasteiger charge is 2.22. The van der Waals surface area contributed by atoms with Gasteiger partial charge in [-0.05, 0) is 143 Å². The Kier molecular flexibility index (Phi) is 6.54. The molecule has 0 spiro atoms. The highest BCUT2D eigenvalue weighted by Crippen LogP contribution is 2.49. The van der Waals surface area contributed by atoms with Crippen LogP contribution in [0, 0.1) is 0 Å². The summed E-state index contributed by atoms with van der Waals surface area (Å²) in [5.41, 5.74) is 9.94. The van der Waals surface area contributed by atoms with E-state index >= 15 is 0 Å². The van der Waals surface area contributed by atoms with Gasteiger partial charge < -0.3 is 0 Å². The molecule has 0 aromatic heterocycles. The number of fused-ring (bicyclic) bond motifs is 2. The lowest BCUT2D eigenvalue weighted by Crippen LogP contribution is -1.95. The summed E-state index contributed by atoms with van der Waals surface area (Å²) in [5.74, 6) is 0. The van der Waals surface area contributed by atoms with Gasteiger partial charge >= 0.3 is 0 Å². The van der Waals surface area contributed by atoms with Crippen LogP contribution in [0.1, 0.15) is 0 Å². The third kappa shape index (κ3) is 4.52. The van der Waals surface area contributed by atoms with Crippen LogP contribution in [0.3, 0.4) is 0 Å². The van der Waals surface area contributed by atoms with Gasteiger partial charge in [-0.3, -0.25) is 0 Å². The molecule has 0 fully saturated rings. The third-order valence-electron chi connectivity index (χ3n) is 12.9. The van der Waals surface area contributed by atoms with E-state index in [0.29, 0.717) is 0 Å². The van der Waals surface area contributed by atoms with Gasteiger partial charge in [0.05, 0.1) is 0 Å². The van der Waals surface area contributed by atoms with E-state index < -0.39 is 0 Å². The zero-order valence-corrected chi connectivity index (χ0v) is 31.6. The molecule has 0 amide bonds. The molecule has 0 N–H and O–H groups in total. The molecule has 0 saturated heterocycles. The summed E-state index contributed by atoms with van der Waals surface area (Å²) in [5, 5.41) is 20.7. The number of hydrogen-bond acceptors (Lipinski definition) is 0. The first-order chi connectivity index (χ1) is 28.7. The summed E-state index contributed by atoms with van der Waals surface area (Å²) in [7, 11) is 0. The van der Waals surface area contributed by atoms with Crippen molar-refractivity contribution in [1.82, 2.24) is 0 Å². The maximum absolute atomic E-state index is 2.43. The van der Waals surface area contributed by atoms with Gasteiger partial charge in [-0.25, -0.2) is 0 Å². The van der Waals surface area contributed by atoms with Crippen molar-refractivity contribution in [2.75, 3.05) is 0 Å². The lowest BCUT2D eigenvalue weighted by atomic mass is 9.81. The van der Waals surface area contributed by atoms with Gasteiger partial charge in [-0.2, -0.15) is 0 Å². The van der Waals surface area contributed by atoms with Crippen molar-refractivity contribution in [3.8, 4) is 44.5 Å². The van der Waals surface area contributed by atoms with Crippen molar-refractivity contribution in [3.63, 3.8) is 0 Å². The van der Waals surface area contributed by atoms with Crippen LogP contribution in [0.5, 0.6) is 0 Å². The lowest BCUT2D eigenvalue weighted by Gasteiger charge is -2.22. The molecule has 0 nitrogen and oxygen atoms in total. The number of benzene rings is 13. The highest BCUT2D eigenvalue weighted by atomic mass is 14.2. The van der Waals surface area contributed by atoms with E-state index in [-0.39, 0.29) is 0 Å². The molecule has 0 heterocycles. The first kappa shape index (κ1) is 31.6. The molecular formula is C58H34. The topological polar surface area (TPSA) is 0 Å². The van der Waals surface area contributed by atoms with E-state index in [2.05, 4.69) is 206 Å². The van der Waals surface area contributed by atoms with E-state index in [9.17, 15) is 0 Å². The predicted octanol–water partition coefficient (Wildman–Crippen LogP) is 16.5. The maximum Gasteiger partial charge on any atom is -0.00141 e. The smallest absolute Gasteiger partial charge is 0.00141 e. The average Bonchev–Trinajstić information content (AvgIpc) is 3.29. The molecule has 13 aromatic rings. The summed E-state index contributed by atoms with van der Waals surface area (Å²) >= 11 is 0. The molecule has 0 unspecified atom stereocenters. The molecular weight excluding hydrogens is 697 g/mol. The second kappa shape index (κ2) is 12.0. The number of rotatable bonds is 4. The van der Waals surface area contributed by atoms with Crippen molar-refractivity contribution in [2.45, 2.75) is 0 Å². The number of hydrogen-bond donors (Lipinski definition) is 0. The van der Waals surface area contributed by atoms with Gasteiger partial charge in [0.1, 0.15) is 0 Å². The van der Waals surface area contributed by atoms with Gasteiger partial charge in [-0.1, -0.05) is 194 Å². The molecule has 0 radical (unpaired) electrons. The Hall–Kier alpha value is -7.54. The van der Waals surface area contributed by atoms with Crippen molar-refractivity contribution in [1.29, 1.82) is 0 Å². The molecule has 0 bridgehead atoms. The fraction of sp³-hybridized carbons (Fsp3) is 0. The van der Waals surface area contributed by atoms with Crippen molar-refractivity contribution >= 4 is 86.2 Å². The van der Waals surface area contributed by atoms with E-state index in [1.54, 1.807) is 0 Å². The quantitative estimate of drug-likeness (QED) is 0.158. The van der Waals surface area contributed by atoms with Crippen LogP contribution in [0.4, 0.5) is 0 Å². The molecule has 58 heavy (non-hydrogen) atoms. The molecule has 0 heteroatoms. The SMILES string of the molecule is c1ccc2cc(-c3c(-c4ccc5ccc6cccc7ccc4c5c67)c(-c4ccc(-c5ccc6ccc7cccc8ccc5c6c78)cc4)cc4ccccc34)ccc2c1. The highest BCUT2D eigenvalue weighted by molar-refractivity contribution is 6.28. The van der Waals surface area contributed by atoms with Gasteiger partial charge in [0, 0.05) is 0 Å². The van der Waals surface area contributed by atoms with Crippen molar-refractivity contribution < 1.29 is 0 Å². The molecule has 0 atom stereocenters. The van der Waals surface area contributed by atoms with Crippen LogP contribution >= 0.6 is 0 Å². The third-order valence-corrected chi connectivity index (χ3v) is 12.9. The average molecular weight is 731 g/mol. The molecule has 0 saturated carbocycles. The first-order valence-corrected chi connectivity index (χ1v) is 20.2. The fourth-order valence-electron chi connectivity index (χ4n) is 10.3. The van der Waals surface area contributed by atoms with E-state index in [4.69, 9.17) is 0 Å². The van der Waals surface area contributed by atoms with Crippen LogP contribution in [-0.2, 0) is 0 Å². The van der Waals surface area contributed by atoms with Crippen LogP contribution in [0.15, 0.2) is 206 Å². The summed E-state index contributed by atoms with van der Waals surface area (Å²) in [6.07, 6.45) is 0. The van der Waals surface area contributed by atoms with E-state index in [0.717, 1.165) is 0 Å². The Bertz CT molecular complexity index is 3740. The largest absolute Gasteiger partial charge is 0.0616 e. The Morgan fingerprint density at radius 1 is 0.190 bits per heavy atom. The van der Waals surface area contributed by atoms with Crippen LogP contribution < -0.4 is 0 Å². The Morgan fingerprint density at radius 2 is 0.621 bits per heavy atom. The van der Waals surface area contributed by atoms with Crippen molar-refractivity contribution in [2.24, 2.45) is 0 Å². The zero-order chi connectivity index (χ0) is 37.9. The molecule has 0 aliphatic heterocycles. The van der Waals surface area contributed by atoms with Crippen LogP contribution in [-0.4, -0.2) is 0 Å². The molecule has 0 aliphatic carbocycles. The molecule has 266 valence electrons. The zero-order valence-electron chi connectivity index (χ0n) is 31.6. The second-order valence-corrected chi connectivity index (χ2v) is 16.0. The van der Waals surface area contributed by atoms with Gasteiger partial charge in [0.15, 0.2) is 0 Å². The van der Waals surface area contributed by atoms with Gasteiger partial charge in [0.25, 0.3) is 0 Å². The Morgan fingerprint density at radius 3 is 1.26 bits per heavy atom. The summed E-state index contributed by atoms with van der Waals surface area (Å²) < 4.78 is 0. The minimum absolute atomic E-state index is 1.20. The summed E-state index contributed by atoms with van der Waals surface area (Å²) in [4.78, 5) is 0. The fourth-order valence-corrected chi connectivity index (χ4v) is 10.3. The van der Waals surface area contributed by atoms with E-state index in [1.807, 2.05) is 0 Å². The van der Waals surface area contributed by atoms with Crippen LogP contribution in [0.2, 0.25) is 0 Å². The van der Waals surface area contributed by atoms with Crippen LogP contribution in [0.25, 0.3) is 131 Å². The minimum atomic E-state index is 1.20. The van der Waals surface area contributed by atoms with Gasteiger partial charge in [0.2, 0.25) is 0 Å². The first-order valence-electron chi connectivity index (χ1n) is 20.2. The normalized spacial score (nSPS) is 12.1. The standard InChI is InChI=1S/C58H34/c1-2-8-44-33-46(24-15-35(44)7-1)57-48-14-4-3-9-45(48)34-52(58(57)51-32-28-43-23-21-39-11-6-13-41-27-31-50(51)56(43)54(39)41)37-18-16-36(17-19-37)47-29-25-42-22-20-38-10-5-12-40-26-30-49(47)55(42)53(38)40/h1-34H. The summed E-state index contributed by atoms with van der Waals surface area (Å²) in [6, 6.07) is 77.4. The molecule has 13 rings (SSSR count). The van der Waals surface area contributed by atoms with Crippen molar-refractivity contribution in [3.05, 3.63) is 206 Å². The predicted molar refractivity (Wildman–Crippen MR) is 251 cm³/mol. The van der Waals surface area contributed by atoms with E-state index in [1.165, 1.54) is 131 Å². The molecule has 0 aliphatic rings. The Balaban J connectivity index is 1.09. The maximum atomic E-state index is 2.43. The van der Waals surface area contributed by atoms with Gasteiger partial charge in [-0.15, -0.1) is 0 Å². The minimum Gasteiger partial charge on any atom is -0.0616 e. The Labute approximate surface area is 335 Å². The second-order valence-electron chi connectivity index (χ2n) is 16.0. The lowest BCUT2D eigenvalue weighted by molar-refractivity contribution is 1.60. The monoisotopic (exact) mass is 730 g/mol. The molecule has 13 aromatic carbocycles. The summed E-state index contributed by atoms with van der Waals surface area (Å²) in [6.45, 7) is 0.